The van der Waals surface area contributed by atoms with Crippen molar-refractivity contribution in [1.29, 1.82) is 0 Å². The molecule has 1 atom stereocenters. The average molecular weight is 153 g/mol. The van der Waals surface area contributed by atoms with Gasteiger partial charge < -0.3 is 5.73 Å². The lowest BCUT2D eigenvalue weighted by Gasteiger charge is -2.02. The summed E-state index contributed by atoms with van der Waals surface area (Å²) >= 11 is 0. The standard InChI is InChI=1S/C10H19N/c1-8(5-4-6-11)9-7-10(9,2)3/h5,9H,4,6-7,11H2,1-3H3/b8-5+. The van der Waals surface area contributed by atoms with E-state index in [-0.39, 0.29) is 0 Å². The van der Waals surface area contributed by atoms with Gasteiger partial charge in [0.2, 0.25) is 0 Å². The normalized spacial score (nSPS) is 28.7. The summed E-state index contributed by atoms with van der Waals surface area (Å²) in [5.41, 5.74) is 7.54. The highest BCUT2D eigenvalue weighted by Crippen LogP contribution is 2.55. The molecule has 2 N–H and O–H groups in total. The molecule has 0 spiro atoms. The summed E-state index contributed by atoms with van der Waals surface area (Å²) < 4.78 is 0. The molecule has 1 unspecified atom stereocenters. The van der Waals surface area contributed by atoms with Gasteiger partial charge in [0.25, 0.3) is 0 Å². The van der Waals surface area contributed by atoms with Crippen LogP contribution in [0.5, 0.6) is 0 Å². The highest BCUT2D eigenvalue weighted by molar-refractivity contribution is 5.17. The molecule has 1 aliphatic rings. The number of hydrogen-bond donors (Lipinski definition) is 1. The van der Waals surface area contributed by atoms with Crippen molar-refractivity contribution in [1.82, 2.24) is 0 Å². The van der Waals surface area contributed by atoms with Gasteiger partial charge in [-0.25, -0.2) is 0 Å². The van der Waals surface area contributed by atoms with Crippen LogP contribution in [0.4, 0.5) is 0 Å². The third kappa shape index (κ3) is 2.06. The zero-order valence-corrected chi connectivity index (χ0v) is 7.85. The molecule has 0 heterocycles. The minimum atomic E-state index is 0.579. The molecule has 0 bridgehead atoms. The molecule has 0 amide bonds. The van der Waals surface area contributed by atoms with E-state index < -0.39 is 0 Å². The zero-order valence-electron chi connectivity index (χ0n) is 7.85. The minimum absolute atomic E-state index is 0.579. The molecule has 11 heavy (non-hydrogen) atoms. The lowest BCUT2D eigenvalue weighted by molar-refractivity contribution is 0.596. The molecule has 1 aliphatic carbocycles. The van der Waals surface area contributed by atoms with E-state index in [1.54, 1.807) is 5.57 Å². The van der Waals surface area contributed by atoms with E-state index in [9.17, 15) is 0 Å². The first kappa shape index (κ1) is 8.79. The quantitative estimate of drug-likeness (QED) is 0.619. The molecule has 1 rings (SSSR count). The van der Waals surface area contributed by atoms with Crippen molar-refractivity contribution < 1.29 is 0 Å². The van der Waals surface area contributed by atoms with E-state index in [0.29, 0.717) is 5.41 Å². The molecule has 1 fully saturated rings. The van der Waals surface area contributed by atoms with Crippen molar-refractivity contribution in [3.63, 3.8) is 0 Å². The average Bonchev–Trinajstić information content (AvgIpc) is 2.55. The van der Waals surface area contributed by atoms with Crippen LogP contribution in [-0.2, 0) is 0 Å². The Bertz CT molecular complexity index is 168. The van der Waals surface area contributed by atoms with Crippen molar-refractivity contribution in [2.24, 2.45) is 17.1 Å². The summed E-state index contributed by atoms with van der Waals surface area (Å²) in [5, 5.41) is 0. The van der Waals surface area contributed by atoms with Crippen LogP contribution in [0, 0.1) is 11.3 Å². The molecular formula is C10H19N. The first-order chi connectivity index (χ1) is 5.08. The minimum Gasteiger partial charge on any atom is -0.330 e. The lowest BCUT2D eigenvalue weighted by Crippen LogP contribution is -1.97. The molecule has 0 aromatic rings. The summed E-state index contributed by atoms with van der Waals surface area (Å²) in [7, 11) is 0. The largest absolute Gasteiger partial charge is 0.330 e. The Morgan fingerprint density at radius 2 is 2.18 bits per heavy atom. The summed E-state index contributed by atoms with van der Waals surface area (Å²) in [5.74, 6) is 0.842. The van der Waals surface area contributed by atoms with Crippen LogP contribution in [0.2, 0.25) is 0 Å². The van der Waals surface area contributed by atoms with Crippen molar-refractivity contribution in [3.05, 3.63) is 11.6 Å². The Labute approximate surface area is 69.7 Å². The second-order valence-corrected chi connectivity index (χ2v) is 4.27. The van der Waals surface area contributed by atoms with E-state index in [2.05, 4.69) is 26.8 Å². The van der Waals surface area contributed by atoms with Crippen molar-refractivity contribution >= 4 is 0 Å². The Hall–Kier alpha value is -0.300. The van der Waals surface area contributed by atoms with Gasteiger partial charge >= 0.3 is 0 Å². The topological polar surface area (TPSA) is 26.0 Å². The van der Waals surface area contributed by atoms with Gasteiger partial charge in [0, 0.05) is 0 Å². The SMILES string of the molecule is C/C(=C\CCN)C1CC1(C)C. The number of hydrogen-bond acceptors (Lipinski definition) is 1. The van der Waals surface area contributed by atoms with Gasteiger partial charge in [-0.2, -0.15) is 0 Å². The van der Waals surface area contributed by atoms with Gasteiger partial charge in [0.15, 0.2) is 0 Å². The van der Waals surface area contributed by atoms with Crippen LogP contribution in [0.25, 0.3) is 0 Å². The van der Waals surface area contributed by atoms with Crippen LogP contribution in [0.15, 0.2) is 11.6 Å². The maximum absolute atomic E-state index is 5.42. The van der Waals surface area contributed by atoms with Gasteiger partial charge in [-0.05, 0) is 37.6 Å². The van der Waals surface area contributed by atoms with Gasteiger partial charge in [0.1, 0.15) is 0 Å². The molecule has 0 aliphatic heterocycles. The van der Waals surface area contributed by atoms with Gasteiger partial charge in [-0.3, -0.25) is 0 Å². The smallest absolute Gasteiger partial charge is 0.00425 e. The second-order valence-electron chi connectivity index (χ2n) is 4.27. The predicted molar refractivity (Wildman–Crippen MR) is 49.3 cm³/mol. The summed E-state index contributed by atoms with van der Waals surface area (Å²) in [4.78, 5) is 0. The zero-order chi connectivity index (χ0) is 8.48. The summed E-state index contributed by atoms with van der Waals surface area (Å²) in [6.45, 7) is 7.68. The molecule has 0 saturated heterocycles. The molecule has 0 aromatic heterocycles. The molecule has 64 valence electrons. The number of nitrogens with two attached hydrogens (primary N) is 1. The highest BCUT2D eigenvalue weighted by atomic mass is 14.5. The van der Waals surface area contributed by atoms with Gasteiger partial charge in [-0.1, -0.05) is 25.5 Å². The molecular weight excluding hydrogens is 134 g/mol. The summed E-state index contributed by atoms with van der Waals surface area (Å²) in [6, 6.07) is 0. The van der Waals surface area contributed by atoms with Crippen LogP contribution in [0.1, 0.15) is 33.6 Å². The lowest BCUT2D eigenvalue weighted by atomic mass is 10.0. The fraction of sp³-hybridized carbons (Fsp3) is 0.800. The maximum atomic E-state index is 5.42. The van der Waals surface area contributed by atoms with Crippen LogP contribution in [-0.4, -0.2) is 6.54 Å². The third-order valence-electron chi connectivity index (χ3n) is 2.70. The van der Waals surface area contributed by atoms with E-state index in [1.807, 2.05) is 0 Å². The van der Waals surface area contributed by atoms with E-state index >= 15 is 0 Å². The van der Waals surface area contributed by atoms with Gasteiger partial charge in [0.05, 0.1) is 0 Å². The fourth-order valence-corrected chi connectivity index (χ4v) is 1.70. The first-order valence-electron chi connectivity index (χ1n) is 4.44. The molecule has 1 saturated carbocycles. The first-order valence-corrected chi connectivity index (χ1v) is 4.44. The van der Waals surface area contributed by atoms with Crippen LogP contribution < -0.4 is 5.73 Å². The van der Waals surface area contributed by atoms with E-state index in [0.717, 1.165) is 18.9 Å². The van der Waals surface area contributed by atoms with Crippen LogP contribution in [0.3, 0.4) is 0 Å². The third-order valence-corrected chi connectivity index (χ3v) is 2.70. The summed E-state index contributed by atoms with van der Waals surface area (Å²) in [6.07, 6.45) is 4.69. The predicted octanol–water partition coefficient (Wildman–Crippen LogP) is 2.33. The van der Waals surface area contributed by atoms with E-state index in [1.165, 1.54) is 6.42 Å². The monoisotopic (exact) mass is 153 g/mol. The second kappa shape index (κ2) is 2.98. The van der Waals surface area contributed by atoms with Crippen molar-refractivity contribution in [3.8, 4) is 0 Å². The Morgan fingerprint density at radius 1 is 1.64 bits per heavy atom. The van der Waals surface area contributed by atoms with Crippen molar-refractivity contribution in [2.45, 2.75) is 33.6 Å². The fourth-order valence-electron chi connectivity index (χ4n) is 1.70. The number of rotatable bonds is 3. The number of allylic oxidation sites excluding steroid dienone is 1. The van der Waals surface area contributed by atoms with Crippen LogP contribution >= 0.6 is 0 Å². The molecule has 1 heteroatoms. The Morgan fingerprint density at radius 3 is 2.55 bits per heavy atom. The van der Waals surface area contributed by atoms with Crippen molar-refractivity contribution in [2.75, 3.05) is 6.54 Å². The maximum Gasteiger partial charge on any atom is -0.00425 e. The molecule has 0 aromatic carbocycles. The Kier molecular flexibility index (Phi) is 2.38. The van der Waals surface area contributed by atoms with Gasteiger partial charge in [-0.15, -0.1) is 0 Å². The highest BCUT2D eigenvalue weighted by Gasteiger charge is 2.45. The Balaban J connectivity index is 2.38. The molecule has 0 radical (unpaired) electrons. The molecule has 1 nitrogen and oxygen atoms in total. The van der Waals surface area contributed by atoms with E-state index in [4.69, 9.17) is 5.73 Å².